The highest BCUT2D eigenvalue weighted by Gasteiger charge is 2.34. The van der Waals surface area contributed by atoms with Crippen molar-refractivity contribution in [3.63, 3.8) is 0 Å². The number of aliphatic hydroxyl groups excluding tert-OH is 1. The van der Waals surface area contributed by atoms with E-state index < -0.39 is 23.3 Å². The topological polar surface area (TPSA) is 124 Å². The van der Waals surface area contributed by atoms with E-state index in [4.69, 9.17) is 4.74 Å². The van der Waals surface area contributed by atoms with E-state index >= 15 is 0 Å². The second kappa shape index (κ2) is 6.04. The summed E-state index contributed by atoms with van der Waals surface area (Å²) >= 11 is 0. The zero-order valence-corrected chi connectivity index (χ0v) is 12.6. The summed E-state index contributed by atoms with van der Waals surface area (Å²) in [6.07, 6.45) is 1.24. The molecule has 1 aliphatic heterocycles. The van der Waals surface area contributed by atoms with Gasteiger partial charge >= 0.3 is 5.97 Å². The number of phenolic OH excluding ortho intramolecular Hbond substituents is 3. The molecule has 0 atom stereocenters. The number of Topliss-reactive ketones (excluding diaryl/α,β-unsaturated/α-hetero) is 1. The van der Waals surface area contributed by atoms with Crippen LogP contribution in [0.25, 0.3) is 11.6 Å². The van der Waals surface area contributed by atoms with Crippen LogP contribution in [0.15, 0.2) is 54.0 Å². The lowest BCUT2D eigenvalue weighted by molar-refractivity contribution is -0.149. The maximum Gasteiger partial charge on any atom is 0.385 e. The molecule has 0 saturated heterocycles. The highest BCUT2D eigenvalue weighted by atomic mass is 16.6. The Balaban J connectivity index is 2.12. The molecular formula is C18H12O7. The third-order valence-electron chi connectivity index (χ3n) is 3.54. The molecule has 1 aliphatic rings. The van der Waals surface area contributed by atoms with E-state index in [1.807, 2.05) is 0 Å². The first kappa shape index (κ1) is 16.1. The molecule has 25 heavy (non-hydrogen) atoms. The quantitative estimate of drug-likeness (QED) is 0.375. The van der Waals surface area contributed by atoms with Crippen molar-refractivity contribution < 1.29 is 34.8 Å². The number of benzene rings is 2. The Kier molecular flexibility index (Phi) is 3.90. The first-order valence-electron chi connectivity index (χ1n) is 7.10. The van der Waals surface area contributed by atoms with Crippen LogP contribution in [0.5, 0.6) is 17.2 Å². The second-order valence-corrected chi connectivity index (χ2v) is 5.25. The Labute approximate surface area is 141 Å². The number of ketones is 1. The minimum atomic E-state index is -1.17. The van der Waals surface area contributed by atoms with Gasteiger partial charge in [-0.15, -0.1) is 0 Å². The van der Waals surface area contributed by atoms with Crippen molar-refractivity contribution in [3.8, 4) is 17.2 Å². The number of hydrogen-bond acceptors (Lipinski definition) is 7. The van der Waals surface area contributed by atoms with Crippen LogP contribution in [0.2, 0.25) is 0 Å². The maximum absolute atomic E-state index is 12.1. The molecule has 0 radical (unpaired) electrons. The number of rotatable bonds is 2. The van der Waals surface area contributed by atoms with Crippen LogP contribution in [-0.4, -0.2) is 32.2 Å². The first-order valence-corrected chi connectivity index (χ1v) is 7.10. The van der Waals surface area contributed by atoms with Gasteiger partial charge in [-0.05, 0) is 41.5 Å². The van der Waals surface area contributed by atoms with Crippen LogP contribution < -0.4 is 0 Å². The number of carbonyl (C=O) groups is 2. The van der Waals surface area contributed by atoms with Gasteiger partial charge in [0, 0.05) is 0 Å². The van der Waals surface area contributed by atoms with Gasteiger partial charge in [-0.2, -0.15) is 0 Å². The third kappa shape index (κ3) is 3.02. The molecule has 0 bridgehead atoms. The molecule has 0 aromatic heterocycles. The summed E-state index contributed by atoms with van der Waals surface area (Å²) in [5.74, 6) is -3.79. The largest absolute Gasteiger partial charge is 0.508 e. The summed E-state index contributed by atoms with van der Waals surface area (Å²) in [6, 6.07) is 9.20. The summed E-state index contributed by atoms with van der Waals surface area (Å²) < 4.78 is 4.83. The number of phenols is 3. The molecular weight excluding hydrogens is 328 g/mol. The molecule has 126 valence electrons. The van der Waals surface area contributed by atoms with Crippen molar-refractivity contribution in [3.05, 3.63) is 65.1 Å². The maximum atomic E-state index is 12.1. The number of cyclic esters (lactones) is 1. The van der Waals surface area contributed by atoms with Gasteiger partial charge in [0.25, 0.3) is 5.78 Å². The van der Waals surface area contributed by atoms with Gasteiger partial charge in [0.1, 0.15) is 5.75 Å². The lowest BCUT2D eigenvalue weighted by Crippen LogP contribution is -2.25. The molecule has 1 heterocycles. The van der Waals surface area contributed by atoms with E-state index in [-0.39, 0.29) is 28.4 Å². The molecule has 7 nitrogen and oxygen atoms in total. The van der Waals surface area contributed by atoms with Crippen LogP contribution in [-0.2, 0) is 14.3 Å². The summed E-state index contributed by atoms with van der Waals surface area (Å²) in [5.41, 5.74) is 0.297. The molecule has 2 aromatic carbocycles. The summed E-state index contributed by atoms with van der Waals surface area (Å²) in [7, 11) is 0. The predicted octanol–water partition coefficient (Wildman–Crippen LogP) is 2.24. The first-order chi connectivity index (χ1) is 11.9. The van der Waals surface area contributed by atoms with Gasteiger partial charge in [-0.3, -0.25) is 4.79 Å². The molecule has 3 rings (SSSR count). The number of esters is 1. The lowest BCUT2D eigenvalue weighted by atomic mass is 9.97. The Morgan fingerprint density at radius 3 is 2.16 bits per heavy atom. The van der Waals surface area contributed by atoms with Gasteiger partial charge in [0.15, 0.2) is 23.0 Å². The highest BCUT2D eigenvalue weighted by molar-refractivity contribution is 6.53. The summed E-state index contributed by atoms with van der Waals surface area (Å²) in [5, 5.41) is 38.5. The Morgan fingerprint density at radius 1 is 0.840 bits per heavy atom. The van der Waals surface area contributed by atoms with E-state index in [2.05, 4.69) is 0 Å². The Bertz CT molecular complexity index is 936. The lowest BCUT2D eigenvalue weighted by Gasteiger charge is -2.18. The highest BCUT2D eigenvalue weighted by Crippen LogP contribution is 2.32. The smallest absolute Gasteiger partial charge is 0.385 e. The standard InChI is InChI=1S/C18H12O7/c19-11-4-2-10(3-5-11)15-16(22)14(25-18(24)17(15)23)8-9-1-6-12(20)13(21)7-9/h1-8,19-22H. The zero-order valence-electron chi connectivity index (χ0n) is 12.6. The van der Waals surface area contributed by atoms with Crippen LogP contribution in [0, 0.1) is 0 Å². The van der Waals surface area contributed by atoms with Crippen LogP contribution in [0.1, 0.15) is 11.1 Å². The minimum Gasteiger partial charge on any atom is -0.508 e. The van der Waals surface area contributed by atoms with Crippen molar-refractivity contribution in [1.82, 2.24) is 0 Å². The van der Waals surface area contributed by atoms with E-state index in [0.717, 1.165) is 0 Å². The van der Waals surface area contributed by atoms with Gasteiger partial charge in [0.2, 0.25) is 0 Å². The number of carbonyl (C=O) groups excluding carboxylic acids is 2. The third-order valence-corrected chi connectivity index (χ3v) is 3.54. The number of ether oxygens (including phenoxy) is 1. The van der Waals surface area contributed by atoms with Crippen molar-refractivity contribution in [2.45, 2.75) is 0 Å². The second-order valence-electron chi connectivity index (χ2n) is 5.25. The number of aromatic hydroxyl groups is 3. The molecule has 0 fully saturated rings. The molecule has 0 amide bonds. The average Bonchev–Trinajstić information content (AvgIpc) is 2.58. The molecule has 2 aromatic rings. The molecule has 0 spiro atoms. The number of aliphatic hydroxyl groups is 1. The van der Waals surface area contributed by atoms with E-state index in [1.54, 1.807) is 0 Å². The monoisotopic (exact) mass is 340 g/mol. The average molecular weight is 340 g/mol. The van der Waals surface area contributed by atoms with Crippen LogP contribution in [0.4, 0.5) is 0 Å². The van der Waals surface area contributed by atoms with Crippen molar-refractivity contribution in [1.29, 1.82) is 0 Å². The van der Waals surface area contributed by atoms with Crippen molar-refractivity contribution in [2.24, 2.45) is 0 Å². The molecule has 0 aliphatic carbocycles. The molecule has 7 heteroatoms. The fourth-order valence-electron chi connectivity index (χ4n) is 2.30. The van der Waals surface area contributed by atoms with Gasteiger partial charge < -0.3 is 25.2 Å². The van der Waals surface area contributed by atoms with Gasteiger partial charge in [-0.1, -0.05) is 18.2 Å². The van der Waals surface area contributed by atoms with Crippen LogP contribution in [0.3, 0.4) is 0 Å². The Hall–Kier alpha value is -3.74. The summed E-state index contributed by atoms with van der Waals surface area (Å²) in [6.45, 7) is 0. The van der Waals surface area contributed by atoms with Gasteiger partial charge in [0.05, 0.1) is 5.57 Å². The van der Waals surface area contributed by atoms with E-state index in [1.165, 1.54) is 48.5 Å². The molecule has 0 saturated carbocycles. The van der Waals surface area contributed by atoms with E-state index in [9.17, 15) is 30.0 Å². The predicted molar refractivity (Wildman–Crippen MR) is 86.5 cm³/mol. The summed E-state index contributed by atoms with van der Waals surface area (Å²) in [4.78, 5) is 23.9. The normalized spacial score (nSPS) is 16.2. The zero-order chi connectivity index (χ0) is 18.1. The van der Waals surface area contributed by atoms with Gasteiger partial charge in [-0.25, -0.2) is 4.79 Å². The fraction of sp³-hybridized carbons (Fsp3) is 0. The molecule has 0 unspecified atom stereocenters. The Morgan fingerprint density at radius 2 is 1.52 bits per heavy atom. The van der Waals surface area contributed by atoms with Crippen molar-refractivity contribution >= 4 is 23.4 Å². The van der Waals surface area contributed by atoms with Crippen molar-refractivity contribution in [2.75, 3.05) is 0 Å². The SMILES string of the molecule is O=C1OC(=Cc2ccc(O)c(O)c2)C(O)=C(c2ccc(O)cc2)C1=O. The molecule has 4 N–H and O–H groups in total. The minimum absolute atomic E-state index is 0.0370. The fourth-order valence-corrected chi connectivity index (χ4v) is 2.30. The number of hydrogen-bond donors (Lipinski definition) is 4. The van der Waals surface area contributed by atoms with E-state index in [0.29, 0.717) is 5.56 Å². The van der Waals surface area contributed by atoms with Crippen LogP contribution >= 0.6 is 0 Å².